The van der Waals surface area contributed by atoms with Crippen LogP contribution in [0, 0.1) is 5.82 Å². The molecule has 0 fully saturated rings. The molecular weight excluding hydrogens is 231 g/mol. The number of ketones is 1. The van der Waals surface area contributed by atoms with E-state index in [0.29, 0.717) is 5.56 Å². The third-order valence-corrected chi connectivity index (χ3v) is 2.45. The van der Waals surface area contributed by atoms with Crippen LogP contribution in [0.5, 0.6) is 5.75 Å². The van der Waals surface area contributed by atoms with E-state index in [9.17, 15) is 9.18 Å². The first-order valence-corrected chi connectivity index (χ1v) is 5.42. The first-order valence-electron chi connectivity index (χ1n) is 5.42. The first-order chi connectivity index (χ1) is 8.65. The maximum absolute atomic E-state index is 12.7. The van der Waals surface area contributed by atoms with E-state index in [-0.39, 0.29) is 17.3 Å². The number of rotatable bonds is 3. The van der Waals surface area contributed by atoms with Gasteiger partial charge in [0.2, 0.25) is 0 Å². The highest BCUT2D eigenvalue weighted by Gasteiger charge is 2.01. The van der Waals surface area contributed by atoms with Crippen LogP contribution in [0.3, 0.4) is 0 Å². The van der Waals surface area contributed by atoms with Crippen molar-refractivity contribution in [1.82, 2.24) is 0 Å². The average molecular weight is 242 g/mol. The Hall–Kier alpha value is -2.42. The van der Waals surface area contributed by atoms with Gasteiger partial charge in [-0.2, -0.15) is 0 Å². The minimum Gasteiger partial charge on any atom is -0.508 e. The Morgan fingerprint density at radius 3 is 2.22 bits per heavy atom. The molecule has 0 aliphatic heterocycles. The number of allylic oxidation sites excluding steroid dienone is 1. The summed E-state index contributed by atoms with van der Waals surface area (Å²) in [6.45, 7) is 0. The van der Waals surface area contributed by atoms with Gasteiger partial charge >= 0.3 is 0 Å². The van der Waals surface area contributed by atoms with Gasteiger partial charge in [0.15, 0.2) is 5.78 Å². The molecule has 0 bridgehead atoms. The normalized spacial score (nSPS) is 10.7. The van der Waals surface area contributed by atoms with Crippen LogP contribution in [0.15, 0.2) is 54.6 Å². The van der Waals surface area contributed by atoms with Crippen molar-refractivity contribution >= 4 is 11.9 Å². The number of phenols is 1. The Morgan fingerprint density at radius 2 is 1.61 bits per heavy atom. The Morgan fingerprint density at radius 1 is 1.00 bits per heavy atom. The van der Waals surface area contributed by atoms with Gasteiger partial charge in [-0.25, -0.2) is 4.39 Å². The molecule has 90 valence electrons. The van der Waals surface area contributed by atoms with Crippen LogP contribution in [-0.4, -0.2) is 10.9 Å². The van der Waals surface area contributed by atoms with Gasteiger partial charge in [0.1, 0.15) is 11.6 Å². The molecule has 0 radical (unpaired) electrons. The minimum atomic E-state index is -0.367. The second kappa shape index (κ2) is 5.27. The summed E-state index contributed by atoms with van der Waals surface area (Å²) in [7, 11) is 0. The van der Waals surface area contributed by atoms with Crippen molar-refractivity contribution in [1.29, 1.82) is 0 Å². The van der Waals surface area contributed by atoms with Crippen molar-refractivity contribution in [2.75, 3.05) is 0 Å². The third kappa shape index (κ3) is 3.04. The van der Waals surface area contributed by atoms with Gasteiger partial charge in [-0.1, -0.05) is 18.2 Å². The molecule has 2 nitrogen and oxygen atoms in total. The largest absolute Gasteiger partial charge is 0.508 e. The number of phenolic OH excluding ortho intramolecular Hbond substituents is 1. The molecule has 18 heavy (non-hydrogen) atoms. The van der Waals surface area contributed by atoms with E-state index in [1.165, 1.54) is 30.3 Å². The zero-order chi connectivity index (χ0) is 13.0. The van der Waals surface area contributed by atoms with Crippen LogP contribution in [0.2, 0.25) is 0 Å². The van der Waals surface area contributed by atoms with E-state index < -0.39 is 0 Å². The van der Waals surface area contributed by atoms with E-state index in [1.54, 1.807) is 30.3 Å². The molecule has 0 heterocycles. The van der Waals surface area contributed by atoms with Gasteiger partial charge in [-0.15, -0.1) is 0 Å². The van der Waals surface area contributed by atoms with Gasteiger partial charge in [0.05, 0.1) is 0 Å². The van der Waals surface area contributed by atoms with Gasteiger partial charge in [0.25, 0.3) is 0 Å². The number of carbonyl (C=O) groups is 1. The Balaban J connectivity index is 2.11. The van der Waals surface area contributed by atoms with Crippen molar-refractivity contribution in [2.45, 2.75) is 0 Å². The van der Waals surface area contributed by atoms with E-state index >= 15 is 0 Å². The highest BCUT2D eigenvalue weighted by Crippen LogP contribution is 2.11. The Bertz CT molecular complexity index is 568. The van der Waals surface area contributed by atoms with E-state index in [2.05, 4.69) is 0 Å². The summed E-state index contributed by atoms with van der Waals surface area (Å²) in [5, 5.41) is 9.11. The summed E-state index contributed by atoms with van der Waals surface area (Å²) in [6, 6.07) is 11.9. The zero-order valence-corrected chi connectivity index (χ0v) is 9.51. The number of carbonyl (C=O) groups excluding carboxylic acids is 1. The molecule has 2 aromatic carbocycles. The average Bonchev–Trinajstić information content (AvgIpc) is 2.38. The number of hydrogen-bond donors (Lipinski definition) is 1. The molecule has 0 unspecified atom stereocenters. The number of aromatic hydroxyl groups is 1. The molecule has 0 amide bonds. The second-order valence-electron chi connectivity index (χ2n) is 3.80. The molecule has 2 aromatic rings. The summed E-state index contributed by atoms with van der Waals surface area (Å²) in [4.78, 5) is 11.7. The lowest BCUT2D eigenvalue weighted by atomic mass is 10.1. The molecule has 1 N–H and O–H groups in total. The third-order valence-electron chi connectivity index (χ3n) is 2.45. The maximum atomic E-state index is 12.7. The quantitative estimate of drug-likeness (QED) is 0.661. The summed E-state index contributed by atoms with van der Waals surface area (Å²) in [5.41, 5.74) is 1.25. The van der Waals surface area contributed by atoms with Crippen molar-refractivity contribution in [3.63, 3.8) is 0 Å². The van der Waals surface area contributed by atoms with Crippen LogP contribution in [0.4, 0.5) is 4.39 Å². The Kier molecular flexibility index (Phi) is 3.53. The minimum absolute atomic E-state index is 0.178. The van der Waals surface area contributed by atoms with Gasteiger partial charge in [-0.05, 0) is 48.0 Å². The fourth-order valence-electron chi connectivity index (χ4n) is 1.47. The van der Waals surface area contributed by atoms with Crippen LogP contribution in [0.25, 0.3) is 6.08 Å². The molecule has 0 aromatic heterocycles. The summed E-state index contributed by atoms with van der Waals surface area (Å²) in [5.74, 6) is -0.380. The summed E-state index contributed by atoms with van der Waals surface area (Å²) in [6.07, 6.45) is 3.06. The van der Waals surface area contributed by atoms with Gasteiger partial charge in [-0.3, -0.25) is 4.79 Å². The predicted molar refractivity (Wildman–Crippen MR) is 67.9 cm³/mol. The SMILES string of the molecule is O=C(/C=C\c1ccc(O)cc1)c1ccc(F)cc1. The lowest BCUT2D eigenvalue weighted by molar-refractivity contribution is 0.104. The Labute approximate surface area is 104 Å². The first kappa shape index (κ1) is 12.0. The molecule has 0 aliphatic rings. The number of halogens is 1. The smallest absolute Gasteiger partial charge is 0.185 e. The van der Waals surface area contributed by atoms with Crippen LogP contribution in [-0.2, 0) is 0 Å². The van der Waals surface area contributed by atoms with E-state index in [1.807, 2.05) is 0 Å². The van der Waals surface area contributed by atoms with Crippen LogP contribution in [0.1, 0.15) is 15.9 Å². The number of benzene rings is 2. The maximum Gasteiger partial charge on any atom is 0.185 e. The zero-order valence-electron chi connectivity index (χ0n) is 9.51. The lowest BCUT2D eigenvalue weighted by Gasteiger charge is -1.96. The van der Waals surface area contributed by atoms with Crippen molar-refractivity contribution < 1.29 is 14.3 Å². The molecule has 0 saturated heterocycles. The van der Waals surface area contributed by atoms with E-state index in [0.717, 1.165) is 5.56 Å². The van der Waals surface area contributed by atoms with E-state index in [4.69, 9.17) is 5.11 Å². The predicted octanol–water partition coefficient (Wildman–Crippen LogP) is 3.43. The second-order valence-corrected chi connectivity index (χ2v) is 3.80. The highest BCUT2D eigenvalue weighted by molar-refractivity contribution is 6.06. The fraction of sp³-hybridized carbons (Fsp3) is 0. The van der Waals surface area contributed by atoms with Crippen molar-refractivity contribution in [3.05, 3.63) is 71.6 Å². The monoisotopic (exact) mass is 242 g/mol. The van der Waals surface area contributed by atoms with Gasteiger partial charge in [0, 0.05) is 5.56 Å². The molecule has 0 spiro atoms. The molecule has 2 rings (SSSR count). The molecule has 0 aliphatic carbocycles. The van der Waals surface area contributed by atoms with Gasteiger partial charge < -0.3 is 5.11 Å². The molecule has 0 atom stereocenters. The van der Waals surface area contributed by atoms with Crippen LogP contribution < -0.4 is 0 Å². The topological polar surface area (TPSA) is 37.3 Å². The lowest BCUT2D eigenvalue weighted by Crippen LogP contribution is -1.93. The molecule has 0 saturated carbocycles. The summed E-state index contributed by atoms with van der Waals surface area (Å²) >= 11 is 0. The van der Waals surface area contributed by atoms with Crippen LogP contribution >= 0.6 is 0 Å². The standard InChI is InChI=1S/C15H11FO2/c16-13-6-4-12(5-7-13)15(18)10-3-11-1-8-14(17)9-2-11/h1-10,17H/b10-3-. The summed E-state index contributed by atoms with van der Waals surface area (Å²) < 4.78 is 12.7. The molecule has 3 heteroatoms. The molecular formula is C15H11FO2. The number of hydrogen-bond acceptors (Lipinski definition) is 2. The van der Waals surface area contributed by atoms with Crippen molar-refractivity contribution in [3.8, 4) is 5.75 Å². The fourth-order valence-corrected chi connectivity index (χ4v) is 1.47. The highest BCUT2D eigenvalue weighted by atomic mass is 19.1. The van der Waals surface area contributed by atoms with Crippen molar-refractivity contribution in [2.24, 2.45) is 0 Å².